The molecule has 1 aliphatic heterocycles. The van der Waals surface area contributed by atoms with Crippen LogP contribution in [0.1, 0.15) is 24.0 Å². The molecule has 0 aliphatic carbocycles. The van der Waals surface area contributed by atoms with Crippen molar-refractivity contribution < 1.29 is 13.3 Å². The molecule has 7 nitrogen and oxygen atoms in total. The third-order valence-electron chi connectivity index (χ3n) is 3.75. The average molecular weight is 350 g/mol. The zero-order valence-electron chi connectivity index (χ0n) is 12.5. The van der Waals surface area contributed by atoms with Crippen LogP contribution in [0.2, 0.25) is 0 Å². The predicted molar refractivity (Wildman–Crippen MR) is 85.8 cm³/mol. The number of nitrogens with zero attached hydrogens (tertiary/aromatic N) is 2. The molecule has 0 spiro atoms. The van der Waals surface area contributed by atoms with Crippen LogP contribution in [-0.2, 0) is 10.0 Å². The minimum Gasteiger partial charge on any atom is -0.328 e. The Hall–Kier alpha value is -1.22. The van der Waals surface area contributed by atoms with Crippen molar-refractivity contribution in [2.75, 3.05) is 13.1 Å². The highest BCUT2D eigenvalue weighted by Crippen LogP contribution is 2.29. The number of halogens is 1. The first-order valence-electron chi connectivity index (χ1n) is 6.75. The fourth-order valence-corrected chi connectivity index (χ4v) is 4.57. The van der Waals surface area contributed by atoms with Gasteiger partial charge in [-0.1, -0.05) is 0 Å². The van der Waals surface area contributed by atoms with Gasteiger partial charge in [-0.2, -0.15) is 4.31 Å². The highest BCUT2D eigenvalue weighted by Gasteiger charge is 2.31. The number of benzene rings is 1. The molecule has 0 aromatic heterocycles. The standard InChI is InChI=1S/C13H19N3O4S.ClH/c1-9-7-12(16(17)18)8-10(2)13(9)21(19,20)15-5-3-11(14)4-6-15;/h7-8,11H,3-6,14H2,1-2H3;1H. The molecule has 0 bridgehead atoms. The van der Waals surface area contributed by atoms with Crippen molar-refractivity contribution >= 4 is 28.1 Å². The molecule has 1 aliphatic rings. The molecular weight excluding hydrogens is 330 g/mol. The molecule has 2 rings (SSSR count). The second-order valence-electron chi connectivity index (χ2n) is 5.41. The van der Waals surface area contributed by atoms with Crippen LogP contribution < -0.4 is 5.73 Å². The Morgan fingerprint density at radius 3 is 2.09 bits per heavy atom. The maximum atomic E-state index is 12.7. The molecule has 1 saturated heterocycles. The molecule has 0 saturated carbocycles. The first kappa shape index (κ1) is 18.8. The molecule has 0 unspecified atom stereocenters. The highest BCUT2D eigenvalue weighted by atomic mass is 35.5. The molecule has 1 aromatic carbocycles. The first-order valence-corrected chi connectivity index (χ1v) is 8.19. The number of nitrogens with two attached hydrogens (primary N) is 1. The van der Waals surface area contributed by atoms with Gasteiger partial charge in [-0.15, -0.1) is 12.4 Å². The van der Waals surface area contributed by atoms with Gasteiger partial charge in [0.1, 0.15) is 0 Å². The summed E-state index contributed by atoms with van der Waals surface area (Å²) in [4.78, 5) is 10.5. The monoisotopic (exact) mass is 349 g/mol. The van der Waals surface area contributed by atoms with Gasteiger partial charge in [0.15, 0.2) is 0 Å². The summed E-state index contributed by atoms with van der Waals surface area (Å²) in [5.41, 5.74) is 6.50. The van der Waals surface area contributed by atoms with E-state index in [0.29, 0.717) is 37.1 Å². The van der Waals surface area contributed by atoms with Crippen LogP contribution in [-0.4, -0.2) is 36.8 Å². The van der Waals surface area contributed by atoms with Crippen molar-refractivity contribution in [2.45, 2.75) is 37.6 Å². The van der Waals surface area contributed by atoms with Crippen LogP contribution >= 0.6 is 12.4 Å². The molecule has 1 heterocycles. The maximum absolute atomic E-state index is 12.7. The first-order chi connectivity index (χ1) is 9.73. The number of aryl methyl sites for hydroxylation is 2. The second-order valence-corrected chi connectivity index (χ2v) is 7.28. The Bertz CT molecular complexity index is 647. The van der Waals surface area contributed by atoms with Crippen molar-refractivity contribution in [3.05, 3.63) is 33.4 Å². The summed E-state index contributed by atoms with van der Waals surface area (Å²) >= 11 is 0. The number of hydrogen-bond acceptors (Lipinski definition) is 5. The number of sulfonamides is 1. The van der Waals surface area contributed by atoms with Gasteiger partial charge in [0.05, 0.1) is 9.82 Å². The van der Waals surface area contributed by atoms with Crippen LogP contribution in [0.25, 0.3) is 0 Å². The molecular formula is C13H20ClN3O4S. The van der Waals surface area contributed by atoms with E-state index in [0.717, 1.165) is 0 Å². The van der Waals surface area contributed by atoms with E-state index >= 15 is 0 Å². The zero-order chi connectivity index (χ0) is 15.8. The van der Waals surface area contributed by atoms with E-state index in [9.17, 15) is 18.5 Å². The minimum absolute atomic E-state index is 0. The van der Waals surface area contributed by atoms with Crippen LogP contribution in [0.15, 0.2) is 17.0 Å². The van der Waals surface area contributed by atoms with Crippen molar-refractivity contribution in [2.24, 2.45) is 5.73 Å². The summed E-state index contributed by atoms with van der Waals surface area (Å²) in [7, 11) is -3.63. The number of hydrogen-bond donors (Lipinski definition) is 1. The molecule has 22 heavy (non-hydrogen) atoms. The zero-order valence-corrected chi connectivity index (χ0v) is 14.1. The van der Waals surface area contributed by atoms with Gasteiger partial charge in [0.2, 0.25) is 10.0 Å². The van der Waals surface area contributed by atoms with Gasteiger partial charge < -0.3 is 5.73 Å². The van der Waals surface area contributed by atoms with Crippen LogP contribution in [0.4, 0.5) is 5.69 Å². The lowest BCUT2D eigenvalue weighted by Gasteiger charge is -2.30. The molecule has 9 heteroatoms. The molecule has 1 fully saturated rings. The number of nitro benzene ring substituents is 1. The van der Waals surface area contributed by atoms with Gasteiger partial charge in [-0.25, -0.2) is 8.42 Å². The second kappa shape index (κ2) is 6.91. The number of non-ortho nitro benzene ring substituents is 1. The molecule has 1 aromatic rings. The van der Waals surface area contributed by atoms with Crippen LogP contribution in [0.3, 0.4) is 0 Å². The van der Waals surface area contributed by atoms with Gasteiger partial charge in [0, 0.05) is 31.3 Å². The summed E-state index contributed by atoms with van der Waals surface area (Å²) < 4.78 is 26.9. The van der Waals surface area contributed by atoms with E-state index in [2.05, 4.69) is 0 Å². The third kappa shape index (κ3) is 3.57. The normalized spacial score (nSPS) is 17.0. The SMILES string of the molecule is Cc1cc([N+](=O)[O-])cc(C)c1S(=O)(=O)N1CCC(N)CC1.Cl. The Morgan fingerprint density at radius 2 is 1.68 bits per heavy atom. The van der Waals surface area contributed by atoms with Gasteiger partial charge in [-0.3, -0.25) is 10.1 Å². The van der Waals surface area contributed by atoms with Crippen LogP contribution in [0, 0.1) is 24.0 Å². The number of piperidine rings is 1. The Kier molecular flexibility index (Phi) is 5.91. The minimum atomic E-state index is -3.63. The van der Waals surface area contributed by atoms with E-state index in [1.165, 1.54) is 16.4 Å². The van der Waals surface area contributed by atoms with E-state index in [1.54, 1.807) is 13.8 Å². The summed E-state index contributed by atoms with van der Waals surface area (Å²) in [6.07, 6.45) is 1.26. The number of nitro groups is 1. The Morgan fingerprint density at radius 1 is 1.23 bits per heavy atom. The smallest absolute Gasteiger partial charge is 0.270 e. The fourth-order valence-electron chi connectivity index (χ4n) is 2.68. The van der Waals surface area contributed by atoms with E-state index in [-0.39, 0.29) is 29.0 Å². The summed E-state index contributed by atoms with van der Waals surface area (Å²) in [6, 6.07) is 2.64. The van der Waals surface area contributed by atoms with Crippen molar-refractivity contribution in [3.8, 4) is 0 Å². The summed E-state index contributed by atoms with van der Waals surface area (Å²) in [5.74, 6) is 0. The third-order valence-corrected chi connectivity index (χ3v) is 5.96. The fraction of sp³-hybridized carbons (Fsp3) is 0.538. The molecule has 0 atom stereocenters. The Labute approximate surface area is 136 Å². The van der Waals surface area contributed by atoms with E-state index in [1.807, 2.05) is 0 Å². The lowest BCUT2D eigenvalue weighted by Crippen LogP contribution is -2.43. The van der Waals surface area contributed by atoms with Crippen LogP contribution in [0.5, 0.6) is 0 Å². The lowest BCUT2D eigenvalue weighted by molar-refractivity contribution is -0.385. The molecule has 2 N–H and O–H groups in total. The largest absolute Gasteiger partial charge is 0.328 e. The number of rotatable bonds is 3. The maximum Gasteiger partial charge on any atom is 0.270 e. The summed E-state index contributed by atoms with van der Waals surface area (Å²) in [6.45, 7) is 3.95. The molecule has 0 radical (unpaired) electrons. The van der Waals surface area contributed by atoms with Gasteiger partial charge >= 0.3 is 0 Å². The van der Waals surface area contributed by atoms with E-state index < -0.39 is 14.9 Å². The van der Waals surface area contributed by atoms with Gasteiger partial charge in [-0.05, 0) is 37.8 Å². The molecule has 0 amide bonds. The lowest BCUT2D eigenvalue weighted by atomic mass is 10.1. The quantitative estimate of drug-likeness (QED) is 0.660. The summed E-state index contributed by atoms with van der Waals surface area (Å²) in [5, 5.41) is 10.8. The van der Waals surface area contributed by atoms with E-state index in [4.69, 9.17) is 5.73 Å². The van der Waals surface area contributed by atoms with Crippen molar-refractivity contribution in [1.82, 2.24) is 4.31 Å². The van der Waals surface area contributed by atoms with Crippen molar-refractivity contribution in [1.29, 1.82) is 0 Å². The van der Waals surface area contributed by atoms with Gasteiger partial charge in [0.25, 0.3) is 5.69 Å². The highest BCUT2D eigenvalue weighted by molar-refractivity contribution is 7.89. The topological polar surface area (TPSA) is 107 Å². The predicted octanol–water partition coefficient (Wildman–Crippen LogP) is 1.75. The average Bonchev–Trinajstić information content (AvgIpc) is 2.37. The molecule has 124 valence electrons. The Balaban J connectivity index is 0.00000242. The van der Waals surface area contributed by atoms with Crippen molar-refractivity contribution in [3.63, 3.8) is 0 Å².